The number of pyridine rings is 1. The third-order valence-corrected chi connectivity index (χ3v) is 6.10. The van der Waals surface area contributed by atoms with Gasteiger partial charge in [0.05, 0.1) is 11.4 Å². The molecule has 194 valence electrons. The highest BCUT2D eigenvalue weighted by Crippen LogP contribution is 2.28. The van der Waals surface area contributed by atoms with Crippen LogP contribution in [0.2, 0.25) is 0 Å². The number of carbonyl (C=O) groups is 3. The van der Waals surface area contributed by atoms with Gasteiger partial charge in [0.15, 0.2) is 0 Å². The normalized spacial score (nSPS) is 14.5. The minimum Gasteiger partial charge on any atom is -0.324 e. The summed E-state index contributed by atoms with van der Waals surface area (Å²) in [5, 5.41) is 8.22. The number of benzene rings is 3. The fourth-order valence-corrected chi connectivity index (χ4v) is 4.22. The largest absolute Gasteiger partial charge is 0.324 e. The summed E-state index contributed by atoms with van der Waals surface area (Å²) >= 11 is 0. The van der Waals surface area contributed by atoms with Gasteiger partial charge in [-0.3, -0.25) is 19.5 Å². The first-order chi connectivity index (χ1) is 19.0. The van der Waals surface area contributed by atoms with E-state index in [1.165, 1.54) is 4.90 Å². The molecule has 9 nitrogen and oxygen atoms in total. The van der Waals surface area contributed by atoms with Gasteiger partial charge in [0, 0.05) is 34.9 Å². The summed E-state index contributed by atoms with van der Waals surface area (Å²) in [6, 6.07) is 26.7. The Morgan fingerprint density at radius 2 is 1.49 bits per heavy atom. The van der Waals surface area contributed by atoms with Gasteiger partial charge in [0.2, 0.25) is 12.1 Å². The number of aromatic nitrogens is 1. The van der Waals surface area contributed by atoms with E-state index in [-0.39, 0.29) is 6.54 Å². The van der Waals surface area contributed by atoms with E-state index in [4.69, 9.17) is 4.99 Å². The molecule has 3 N–H and O–H groups in total. The quantitative estimate of drug-likeness (QED) is 0.352. The zero-order valence-corrected chi connectivity index (χ0v) is 21.2. The van der Waals surface area contributed by atoms with Crippen molar-refractivity contribution >= 4 is 40.6 Å². The highest BCUT2D eigenvalue weighted by Gasteiger charge is 2.34. The molecular formula is C30H26N6O3. The molecule has 0 bridgehead atoms. The Hall–Kier alpha value is -5.31. The number of aliphatic imine (C=N–C) groups is 1. The van der Waals surface area contributed by atoms with Gasteiger partial charge in [0.1, 0.15) is 6.54 Å². The second-order valence-corrected chi connectivity index (χ2v) is 8.94. The van der Waals surface area contributed by atoms with Gasteiger partial charge < -0.3 is 16.0 Å². The third-order valence-electron chi connectivity index (χ3n) is 6.10. The standard InChI is InChI=1S/C30H26N6O3/c1-20-11-13-22(14-12-20)33-30(39)35-28-29(38)36(19-26(37)32-23-15-17-31-18-16-23)25-10-6-5-9-24(25)27(34-28)21-7-3-2-4-8-21/h2-18,28H,19H2,1H3,(H,31,32,37)(H2,33,35,39). The van der Waals surface area contributed by atoms with Crippen LogP contribution in [0.1, 0.15) is 16.7 Å². The summed E-state index contributed by atoms with van der Waals surface area (Å²) in [5.41, 5.74) is 4.65. The number of hydrogen-bond acceptors (Lipinski definition) is 5. The van der Waals surface area contributed by atoms with E-state index >= 15 is 0 Å². The Balaban J connectivity index is 1.49. The van der Waals surface area contributed by atoms with Crippen LogP contribution in [0.15, 0.2) is 108 Å². The number of anilines is 3. The van der Waals surface area contributed by atoms with E-state index in [1.807, 2.05) is 61.5 Å². The van der Waals surface area contributed by atoms with Crippen LogP contribution in [0, 0.1) is 6.92 Å². The molecule has 1 unspecified atom stereocenters. The van der Waals surface area contributed by atoms with Gasteiger partial charge in [-0.1, -0.05) is 66.2 Å². The van der Waals surface area contributed by atoms with Crippen LogP contribution in [0.4, 0.5) is 21.9 Å². The predicted octanol–water partition coefficient (Wildman–Crippen LogP) is 4.36. The molecule has 39 heavy (non-hydrogen) atoms. The number of para-hydroxylation sites is 1. The van der Waals surface area contributed by atoms with Crippen LogP contribution in [0.5, 0.6) is 0 Å². The molecule has 3 aromatic carbocycles. The van der Waals surface area contributed by atoms with E-state index in [0.717, 1.165) is 11.1 Å². The molecule has 0 fully saturated rings. The summed E-state index contributed by atoms with van der Waals surface area (Å²) in [5.74, 6) is -0.951. The number of carbonyl (C=O) groups excluding carboxylic acids is 3. The molecule has 0 radical (unpaired) electrons. The van der Waals surface area contributed by atoms with Crippen molar-refractivity contribution in [3.63, 3.8) is 0 Å². The van der Waals surface area contributed by atoms with Gasteiger partial charge in [-0.2, -0.15) is 0 Å². The fraction of sp³-hybridized carbons (Fsp3) is 0.100. The van der Waals surface area contributed by atoms with Crippen molar-refractivity contribution in [3.8, 4) is 0 Å². The Labute approximate surface area is 225 Å². The number of hydrogen-bond donors (Lipinski definition) is 3. The maximum absolute atomic E-state index is 13.9. The molecule has 2 heterocycles. The fourth-order valence-electron chi connectivity index (χ4n) is 4.22. The molecule has 9 heteroatoms. The van der Waals surface area contributed by atoms with Gasteiger partial charge in [-0.15, -0.1) is 0 Å². The number of urea groups is 1. The monoisotopic (exact) mass is 518 g/mol. The van der Waals surface area contributed by atoms with E-state index in [0.29, 0.717) is 28.3 Å². The topological polar surface area (TPSA) is 116 Å². The maximum atomic E-state index is 13.9. The first-order valence-corrected chi connectivity index (χ1v) is 12.4. The number of aryl methyl sites for hydroxylation is 1. The van der Waals surface area contributed by atoms with Crippen molar-refractivity contribution in [2.24, 2.45) is 4.99 Å². The average molecular weight is 519 g/mol. The molecule has 1 aromatic heterocycles. The van der Waals surface area contributed by atoms with E-state index in [2.05, 4.69) is 20.9 Å². The highest BCUT2D eigenvalue weighted by atomic mass is 16.2. The SMILES string of the molecule is Cc1ccc(NC(=O)NC2N=C(c3ccccc3)c3ccccc3N(CC(=O)Nc3ccncc3)C2=O)cc1. The summed E-state index contributed by atoms with van der Waals surface area (Å²) in [6.07, 6.45) is 1.84. The summed E-state index contributed by atoms with van der Waals surface area (Å²) < 4.78 is 0. The molecule has 5 rings (SSSR count). The number of nitrogens with zero attached hydrogens (tertiary/aromatic N) is 3. The van der Waals surface area contributed by atoms with Crippen molar-refractivity contribution in [3.05, 3.63) is 120 Å². The van der Waals surface area contributed by atoms with Crippen molar-refractivity contribution in [1.82, 2.24) is 10.3 Å². The predicted molar refractivity (Wildman–Crippen MR) is 151 cm³/mol. The molecule has 4 aromatic rings. The molecule has 0 spiro atoms. The Bertz CT molecular complexity index is 1520. The lowest BCUT2D eigenvalue weighted by Gasteiger charge is -2.25. The Morgan fingerprint density at radius 1 is 0.821 bits per heavy atom. The van der Waals surface area contributed by atoms with E-state index in [9.17, 15) is 14.4 Å². The van der Waals surface area contributed by atoms with Crippen LogP contribution in [-0.2, 0) is 9.59 Å². The Morgan fingerprint density at radius 3 is 2.23 bits per heavy atom. The second kappa shape index (κ2) is 11.4. The summed E-state index contributed by atoms with van der Waals surface area (Å²) in [4.78, 5) is 49.9. The summed E-state index contributed by atoms with van der Waals surface area (Å²) in [7, 11) is 0. The smallest absolute Gasteiger partial charge is 0.321 e. The first-order valence-electron chi connectivity index (χ1n) is 12.4. The van der Waals surface area contributed by atoms with E-state index in [1.54, 1.807) is 48.8 Å². The maximum Gasteiger partial charge on any atom is 0.321 e. The molecule has 0 aliphatic carbocycles. The molecule has 0 saturated heterocycles. The molecule has 4 amide bonds. The van der Waals surface area contributed by atoms with Crippen LogP contribution in [0.3, 0.4) is 0 Å². The number of nitrogens with one attached hydrogen (secondary N) is 3. The number of amides is 4. The molecular weight excluding hydrogens is 492 g/mol. The minimum atomic E-state index is -1.29. The van der Waals surface area contributed by atoms with Crippen LogP contribution in [-0.4, -0.2) is 41.3 Å². The molecule has 0 saturated carbocycles. The van der Waals surface area contributed by atoms with Crippen LogP contribution < -0.4 is 20.9 Å². The highest BCUT2D eigenvalue weighted by molar-refractivity contribution is 6.21. The number of rotatable bonds is 6. The lowest BCUT2D eigenvalue weighted by Crippen LogP contribution is -2.50. The van der Waals surface area contributed by atoms with Crippen molar-refractivity contribution in [1.29, 1.82) is 0 Å². The average Bonchev–Trinajstić information content (AvgIpc) is 3.06. The van der Waals surface area contributed by atoms with Crippen LogP contribution in [0.25, 0.3) is 0 Å². The Kier molecular flexibility index (Phi) is 7.40. The summed E-state index contributed by atoms with van der Waals surface area (Å²) in [6.45, 7) is 1.67. The number of benzodiazepines with no additional fused rings is 1. The zero-order chi connectivity index (χ0) is 27.2. The van der Waals surface area contributed by atoms with Gasteiger partial charge >= 0.3 is 6.03 Å². The van der Waals surface area contributed by atoms with Crippen molar-refractivity contribution in [2.45, 2.75) is 13.1 Å². The number of fused-ring (bicyclic) bond motifs is 1. The first kappa shape index (κ1) is 25.3. The van der Waals surface area contributed by atoms with Crippen molar-refractivity contribution < 1.29 is 14.4 Å². The van der Waals surface area contributed by atoms with E-state index < -0.39 is 24.0 Å². The molecule has 1 atom stereocenters. The molecule has 1 aliphatic heterocycles. The lowest BCUT2D eigenvalue weighted by atomic mass is 10.0. The molecule has 1 aliphatic rings. The van der Waals surface area contributed by atoms with Gasteiger partial charge in [-0.05, 0) is 37.3 Å². The third kappa shape index (κ3) is 5.99. The van der Waals surface area contributed by atoms with Crippen molar-refractivity contribution in [2.75, 3.05) is 22.1 Å². The second-order valence-electron chi connectivity index (χ2n) is 8.94. The zero-order valence-electron chi connectivity index (χ0n) is 21.2. The van der Waals surface area contributed by atoms with Gasteiger partial charge in [0.25, 0.3) is 5.91 Å². The minimum absolute atomic E-state index is 0.284. The lowest BCUT2D eigenvalue weighted by molar-refractivity contribution is -0.122. The van der Waals surface area contributed by atoms with Gasteiger partial charge in [-0.25, -0.2) is 9.79 Å². The van der Waals surface area contributed by atoms with Crippen LogP contribution >= 0.6 is 0 Å².